The van der Waals surface area contributed by atoms with E-state index in [1.54, 1.807) is 24.3 Å². The summed E-state index contributed by atoms with van der Waals surface area (Å²) >= 11 is 0. The fourth-order valence-electron chi connectivity index (χ4n) is 2.00. The molecule has 0 aliphatic heterocycles. The van der Waals surface area contributed by atoms with Crippen molar-refractivity contribution in [3.8, 4) is 0 Å². The summed E-state index contributed by atoms with van der Waals surface area (Å²) in [4.78, 5) is 22.8. The standard InChI is InChI=1S/C17H19N3O2/c1-12-4-2-3-5-14(12)10-20-16(21)11-19-15-8-6-13(7-9-15)17(18)22/h2-9,19H,10-11H2,1H3,(H2,18,22)(H,20,21). The molecule has 0 bridgehead atoms. The van der Waals surface area contributed by atoms with Crippen molar-refractivity contribution >= 4 is 17.5 Å². The summed E-state index contributed by atoms with van der Waals surface area (Å²) in [6.45, 7) is 2.69. The molecular weight excluding hydrogens is 278 g/mol. The summed E-state index contributed by atoms with van der Waals surface area (Å²) in [6.07, 6.45) is 0. The average molecular weight is 297 g/mol. The largest absolute Gasteiger partial charge is 0.376 e. The van der Waals surface area contributed by atoms with E-state index in [1.165, 1.54) is 0 Å². The SMILES string of the molecule is Cc1ccccc1CNC(=O)CNc1ccc(C(N)=O)cc1. The molecule has 0 spiro atoms. The van der Waals surface area contributed by atoms with E-state index in [2.05, 4.69) is 10.6 Å². The van der Waals surface area contributed by atoms with E-state index in [1.807, 2.05) is 31.2 Å². The number of anilines is 1. The van der Waals surface area contributed by atoms with E-state index in [9.17, 15) is 9.59 Å². The Morgan fingerprint density at radius 3 is 2.36 bits per heavy atom. The zero-order valence-corrected chi connectivity index (χ0v) is 12.4. The van der Waals surface area contributed by atoms with E-state index in [0.717, 1.165) is 16.8 Å². The lowest BCUT2D eigenvalue weighted by Gasteiger charge is -2.09. The van der Waals surface area contributed by atoms with Crippen molar-refractivity contribution in [1.29, 1.82) is 0 Å². The molecule has 2 aromatic rings. The smallest absolute Gasteiger partial charge is 0.248 e. The number of nitrogens with two attached hydrogens (primary N) is 1. The molecule has 0 unspecified atom stereocenters. The Kier molecular flexibility index (Phi) is 5.14. The van der Waals surface area contributed by atoms with Gasteiger partial charge in [-0.3, -0.25) is 9.59 Å². The van der Waals surface area contributed by atoms with Crippen LogP contribution in [0.25, 0.3) is 0 Å². The molecule has 0 radical (unpaired) electrons. The summed E-state index contributed by atoms with van der Waals surface area (Å²) in [7, 11) is 0. The third-order valence-corrected chi connectivity index (χ3v) is 3.36. The number of hydrogen-bond donors (Lipinski definition) is 3. The minimum absolute atomic E-state index is 0.0952. The Bertz CT molecular complexity index is 666. The van der Waals surface area contributed by atoms with Crippen molar-refractivity contribution in [1.82, 2.24) is 5.32 Å². The second kappa shape index (κ2) is 7.26. The highest BCUT2D eigenvalue weighted by molar-refractivity contribution is 5.93. The van der Waals surface area contributed by atoms with Crippen LogP contribution in [0.4, 0.5) is 5.69 Å². The van der Waals surface area contributed by atoms with Gasteiger partial charge >= 0.3 is 0 Å². The zero-order valence-electron chi connectivity index (χ0n) is 12.4. The van der Waals surface area contributed by atoms with Gasteiger partial charge in [0.2, 0.25) is 11.8 Å². The van der Waals surface area contributed by atoms with Crippen LogP contribution < -0.4 is 16.4 Å². The first-order valence-corrected chi connectivity index (χ1v) is 7.01. The fourth-order valence-corrected chi connectivity index (χ4v) is 2.00. The number of carbonyl (C=O) groups excluding carboxylic acids is 2. The van der Waals surface area contributed by atoms with E-state index in [4.69, 9.17) is 5.73 Å². The van der Waals surface area contributed by atoms with Gasteiger partial charge in [-0.05, 0) is 42.3 Å². The number of nitrogens with one attached hydrogen (secondary N) is 2. The Labute approximate surface area is 129 Å². The summed E-state index contributed by atoms with van der Waals surface area (Å²) in [6, 6.07) is 14.6. The van der Waals surface area contributed by atoms with Gasteiger partial charge in [0.05, 0.1) is 6.54 Å². The van der Waals surface area contributed by atoms with E-state index in [-0.39, 0.29) is 12.5 Å². The van der Waals surface area contributed by atoms with Crippen LogP contribution in [0.5, 0.6) is 0 Å². The normalized spacial score (nSPS) is 10.0. The summed E-state index contributed by atoms with van der Waals surface area (Å²) in [5.41, 5.74) is 8.62. The molecule has 0 heterocycles. The van der Waals surface area contributed by atoms with E-state index >= 15 is 0 Å². The van der Waals surface area contributed by atoms with Gasteiger partial charge in [-0.1, -0.05) is 24.3 Å². The quantitative estimate of drug-likeness (QED) is 0.760. The van der Waals surface area contributed by atoms with Crippen molar-refractivity contribution in [2.45, 2.75) is 13.5 Å². The molecule has 2 rings (SSSR count). The van der Waals surface area contributed by atoms with Gasteiger partial charge < -0.3 is 16.4 Å². The highest BCUT2D eigenvalue weighted by Gasteiger charge is 2.04. The molecule has 0 aliphatic carbocycles. The first-order valence-electron chi connectivity index (χ1n) is 7.01. The van der Waals surface area contributed by atoms with E-state index < -0.39 is 5.91 Å². The highest BCUT2D eigenvalue weighted by atomic mass is 16.2. The van der Waals surface area contributed by atoms with Gasteiger partial charge in [0, 0.05) is 17.8 Å². The van der Waals surface area contributed by atoms with Gasteiger partial charge in [-0.15, -0.1) is 0 Å². The molecule has 114 valence electrons. The molecule has 5 nitrogen and oxygen atoms in total. The summed E-state index contributed by atoms with van der Waals surface area (Å²) in [5.74, 6) is -0.565. The van der Waals surface area contributed by atoms with Crippen molar-refractivity contribution in [2.75, 3.05) is 11.9 Å². The van der Waals surface area contributed by atoms with Gasteiger partial charge in [-0.25, -0.2) is 0 Å². The third-order valence-electron chi connectivity index (χ3n) is 3.36. The Morgan fingerprint density at radius 1 is 1.05 bits per heavy atom. The van der Waals surface area contributed by atoms with Crippen LogP contribution in [0, 0.1) is 6.92 Å². The van der Waals surface area contributed by atoms with Crippen LogP contribution in [0.3, 0.4) is 0 Å². The van der Waals surface area contributed by atoms with Crippen molar-refractivity contribution < 1.29 is 9.59 Å². The molecule has 0 aliphatic rings. The number of hydrogen-bond acceptors (Lipinski definition) is 3. The van der Waals surface area contributed by atoms with Crippen LogP contribution >= 0.6 is 0 Å². The van der Waals surface area contributed by atoms with Gasteiger partial charge in [-0.2, -0.15) is 0 Å². The maximum absolute atomic E-state index is 11.8. The molecule has 4 N–H and O–H groups in total. The average Bonchev–Trinajstić information content (AvgIpc) is 2.52. The van der Waals surface area contributed by atoms with Crippen molar-refractivity contribution in [3.63, 3.8) is 0 Å². The molecule has 5 heteroatoms. The molecule has 0 saturated carbocycles. The van der Waals surface area contributed by atoms with Gasteiger partial charge in [0.15, 0.2) is 0 Å². The highest BCUT2D eigenvalue weighted by Crippen LogP contribution is 2.09. The van der Waals surface area contributed by atoms with Crippen LogP contribution in [-0.2, 0) is 11.3 Å². The van der Waals surface area contributed by atoms with Crippen molar-refractivity contribution in [3.05, 3.63) is 65.2 Å². The molecule has 2 aromatic carbocycles. The molecule has 0 aromatic heterocycles. The van der Waals surface area contributed by atoms with Crippen molar-refractivity contribution in [2.24, 2.45) is 5.73 Å². The predicted molar refractivity (Wildman–Crippen MR) is 86.5 cm³/mol. The minimum Gasteiger partial charge on any atom is -0.376 e. The van der Waals surface area contributed by atoms with Crippen LogP contribution in [0.2, 0.25) is 0 Å². The molecule has 0 fully saturated rings. The number of carbonyl (C=O) groups is 2. The minimum atomic E-state index is -0.470. The van der Waals surface area contributed by atoms with Crippen LogP contribution in [0.1, 0.15) is 21.5 Å². The first-order chi connectivity index (χ1) is 10.6. The first kappa shape index (κ1) is 15.6. The Hall–Kier alpha value is -2.82. The van der Waals surface area contributed by atoms with Crippen LogP contribution in [0.15, 0.2) is 48.5 Å². The molecule has 0 saturated heterocycles. The second-order valence-electron chi connectivity index (χ2n) is 5.00. The fraction of sp³-hybridized carbons (Fsp3) is 0.176. The number of rotatable bonds is 6. The Morgan fingerprint density at radius 2 is 1.73 bits per heavy atom. The molecule has 2 amide bonds. The number of primary amides is 1. The lowest BCUT2D eigenvalue weighted by molar-refractivity contribution is -0.119. The Balaban J connectivity index is 1.80. The monoisotopic (exact) mass is 297 g/mol. The number of amides is 2. The maximum Gasteiger partial charge on any atom is 0.248 e. The van der Waals surface area contributed by atoms with E-state index in [0.29, 0.717) is 12.1 Å². The lowest BCUT2D eigenvalue weighted by atomic mass is 10.1. The topological polar surface area (TPSA) is 84.2 Å². The number of aryl methyl sites for hydroxylation is 1. The summed E-state index contributed by atoms with van der Waals surface area (Å²) < 4.78 is 0. The second-order valence-corrected chi connectivity index (χ2v) is 5.00. The van der Waals surface area contributed by atoms with Gasteiger partial charge in [0.25, 0.3) is 0 Å². The number of benzene rings is 2. The van der Waals surface area contributed by atoms with Crippen LogP contribution in [-0.4, -0.2) is 18.4 Å². The molecular formula is C17H19N3O2. The molecule has 22 heavy (non-hydrogen) atoms. The maximum atomic E-state index is 11.8. The zero-order chi connectivity index (χ0) is 15.9. The molecule has 0 atom stereocenters. The third kappa shape index (κ3) is 4.34. The lowest BCUT2D eigenvalue weighted by Crippen LogP contribution is -2.29. The predicted octanol–water partition coefficient (Wildman–Crippen LogP) is 1.82. The van der Waals surface area contributed by atoms with Gasteiger partial charge in [0.1, 0.15) is 0 Å². The summed E-state index contributed by atoms with van der Waals surface area (Å²) in [5, 5.41) is 5.86.